The fraction of sp³-hybridized carbons (Fsp3) is 0.278. The van der Waals surface area contributed by atoms with Gasteiger partial charge in [0.25, 0.3) is 0 Å². The molecule has 2 aromatic carbocycles. The van der Waals surface area contributed by atoms with Gasteiger partial charge in [0.15, 0.2) is 0 Å². The summed E-state index contributed by atoms with van der Waals surface area (Å²) in [5.41, 5.74) is 4.95. The minimum Gasteiger partial charge on any atom is -0.346 e. The lowest BCUT2D eigenvalue weighted by molar-refractivity contribution is 0.423. The summed E-state index contributed by atoms with van der Waals surface area (Å²) >= 11 is 6.18. The Kier molecular flexibility index (Phi) is 3.73. The first-order valence-electron chi connectivity index (χ1n) is 7.99. The van der Waals surface area contributed by atoms with Crippen LogP contribution in [-0.2, 0) is 0 Å². The van der Waals surface area contributed by atoms with E-state index in [1.54, 1.807) is 0 Å². The second-order valence-electron chi connectivity index (χ2n) is 6.29. The van der Waals surface area contributed by atoms with Crippen LogP contribution in [-0.4, -0.2) is 20.2 Å². The van der Waals surface area contributed by atoms with Crippen LogP contribution in [0.4, 0.5) is 5.95 Å². The topological polar surface area (TPSA) is 55.6 Å². The van der Waals surface area contributed by atoms with Crippen molar-refractivity contribution in [3.63, 3.8) is 0 Å². The molecule has 0 bridgehead atoms. The zero-order valence-electron chi connectivity index (χ0n) is 13.6. The molecule has 0 amide bonds. The van der Waals surface area contributed by atoms with Crippen LogP contribution < -0.4 is 5.32 Å². The Morgan fingerprint density at radius 1 is 1.08 bits per heavy atom. The third-order valence-corrected chi connectivity index (χ3v) is 4.95. The molecule has 6 heteroatoms. The molecule has 4 rings (SSSR count). The number of anilines is 1. The molecule has 1 aliphatic heterocycles. The first kappa shape index (κ1) is 15.1. The average Bonchev–Trinajstić information content (AvgIpc) is 3.05. The Labute approximate surface area is 145 Å². The van der Waals surface area contributed by atoms with E-state index in [4.69, 9.17) is 11.6 Å². The van der Waals surface area contributed by atoms with E-state index in [2.05, 4.69) is 59.0 Å². The Balaban J connectivity index is 1.74. The number of aryl methyl sites for hydroxylation is 2. The van der Waals surface area contributed by atoms with Crippen LogP contribution in [0.1, 0.15) is 40.8 Å². The summed E-state index contributed by atoms with van der Waals surface area (Å²) in [5.74, 6) is 0.689. The highest BCUT2D eigenvalue weighted by atomic mass is 35.5. The van der Waals surface area contributed by atoms with E-state index in [1.807, 2.05) is 22.9 Å². The first-order chi connectivity index (χ1) is 11.6. The smallest absolute Gasteiger partial charge is 0.243 e. The van der Waals surface area contributed by atoms with Gasteiger partial charge in [0.1, 0.15) is 0 Å². The summed E-state index contributed by atoms with van der Waals surface area (Å²) in [6.45, 7) is 4.27. The number of rotatable bonds is 2. The van der Waals surface area contributed by atoms with E-state index >= 15 is 0 Å². The van der Waals surface area contributed by atoms with Crippen molar-refractivity contribution in [2.45, 2.75) is 32.4 Å². The summed E-state index contributed by atoms with van der Waals surface area (Å²) in [6.07, 6.45) is 0.862. The number of benzene rings is 2. The van der Waals surface area contributed by atoms with Crippen molar-refractivity contribution >= 4 is 17.5 Å². The second kappa shape index (κ2) is 5.91. The van der Waals surface area contributed by atoms with Crippen LogP contribution >= 0.6 is 11.6 Å². The van der Waals surface area contributed by atoms with Crippen molar-refractivity contribution in [3.05, 3.63) is 69.7 Å². The van der Waals surface area contributed by atoms with E-state index in [9.17, 15) is 0 Å². The predicted molar refractivity (Wildman–Crippen MR) is 94.3 cm³/mol. The van der Waals surface area contributed by atoms with Gasteiger partial charge in [0.05, 0.1) is 12.1 Å². The summed E-state index contributed by atoms with van der Waals surface area (Å²) in [7, 11) is 0. The minimum absolute atomic E-state index is 0.0570. The number of tetrazole rings is 1. The van der Waals surface area contributed by atoms with Crippen molar-refractivity contribution in [1.82, 2.24) is 20.2 Å². The summed E-state index contributed by atoms with van der Waals surface area (Å²) in [5, 5.41) is 16.3. The van der Waals surface area contributed by atoms with E-state index in [0.29, 0.717) is 5.95 Å². The van der Waals surface area contributed by atoms with Crippen molar-refractivity contribution in [1.29, 1.82) is 0 Å². The number of halogens is 1. The average molecular weight is 340 g/mol. The van der Waals surface area contributed by atoms with E-state index in [-0.39, 0.29) is 12.1 Å². The van der Waals surface area contributed by atoms with Crippen LogP contribution in [0.2, 0.25) is 5.02 Å². The number of hydrogen-bond acceptors (Lipinski definition) is 4. The molecule has 0 radical (unpaired) electrons. The Morgan fingerprint density at radius 2 is 1.96 bits per heavy atom. The molecule has 0 spiro atoms. The molecule has 0 aliphatic carbocycles. The Morgan fingerprint density at radius 3 is 2.75 bits per heavy atom. The third kappa shape index (κ3) is 2.65. The number of aromatic nitrogens is 4. The molecule has 0 fully saturated rings. The SMILES string of the molecule is Cc1ccc([C@H]2C[C@H](c3cccc(Cl)c3)n3nnnc3N2)cc1C. The van der Waals surface area contributed by atoms with Gasteiger partial charge < -0.3 is 5.32 Å². The number of nitrogens with zero attached hydrogens (tertiary/aromatic N) is 4. The van der Waals surface area contributed by atoms with Crippen LogP contribution in [0.5, 0.6) is 0 Å². The highest BCUT2D eigenvalue weighted by Crippen LogP contribution is 2.37. The van der Waals surface area contributed by atoms with Gasteiger partial charge in [0.2, 0.25) is 5.95 Å². The largest absolute Gasteiger partial charge is 0.346 e. The van der Waals surface area contributed by atoms with E-state index in [1.165, 1.54) is 16.7 Å². The van der Waals surface area contributed by atoms with Crippen LogP contribution in [0, 0.1) is 13.8 Å². The number of fused-ring (bicyclic) bond motifs is 1. The van der Waals surface area contributed by atoms with Crippen LogP contribution in [0.25, 0.3) is 0 Å². The Hall–Kier alpha value is -2.40. The second-order valence-corrected chi connectivity index (χ2v) is 6.73. The fourth-order valence-electron chi connectivity index (χ4n) is 3.23. The number of nitrogens with one attached hydrogen (secondary N) is 1. The van der Waals surface area contributed by atoms with Gasteiger partial charge in [0, 0.05) is 5.02 Å². The maximum atomic E-state index is 6.18. The maximum absolute atomic E-state index is 6.18. The highest BCUT2D eigenvalue weighted by molar-refractivity contribution is 6.30. The molecule has 1 aliphatic rings. The monoisotopic (exact) mass is 339 g/mol. The highest BCUT2D eigenvalue weighted by Gasteiger charge is 2.30. The summed E-state index contributed by atoms with van der Waals surface area (Å²) < 4.78 is 1.84. The zero-order chi connectivity index (χ0) is 16.7. The van der Waals surface area contributed by atoms with Crippen LogP contribution in [0.3, 0.4) is 0 Å². The Bertz CT molecular complexity index is 889. The zero-order valence-corrected chi connectivity index (χ0v) is 14.3. The standard InChI is InChI=1S/C18H18ClN5/c1-11-6-7-13(8-12(11)2)16-10-17(14-4-3-5-15(19)9-14)24-18(20-16)21-22-23-24/h3-9,16-17H,10H2,1-2H3,(H,20,21,23)/t16-,17-/m1/s1. The fourth-order valence-corrected chi connectivity index (χ4v) is 3.43. The van der Waals surface area contributed by atoms with Crippen LogP contribution in [0.15, 0.2) is 42.5 Å². The molecule has 122 valence electrons. The van der Waals surface area contributed by atoms with Gasteiger partial charge in [-0.15, -0.1) is 0 Å². The molecule has 5 nitrogen and oxygen atoms in total. The summed E-state index contributed by atoms with van der Waals surface area (Å²) in [6, 6.07) is 14.7. The number of hydrogen-bond donors (Lipinski definition) is 1. The lowest BCUT2D eigenvalue weighted by Gasteiger charge is -2.31. The molecule has 0 saturated heterocycles. The van der Waals surface area contributed by atoms with Crippen molar-refractivity contribution < 1.29 is 0 Å². The molecule has 1 N–H and O–H groups in total. The lowest BCUT2D eigenvalue weighted by atomic mass is 9.92. The van der Waals surface area contributed by atoms with Crippen molar-refractivity contribution in [3.8, 4) is 0 Å². The molecule has 2 atom stereocenters. The van der Waals surface area contributed by atoms with Crippen molar-refractivity contribution in [2.24, 2.45) is 0 Å². The lowest BCUT2D eigenvalue weighted by Crippen LogP contribution is -2.28. The van der Waals surface area contributed by atoms with Gasteiger partial charge in [-0.2, -0.15) is 0 Å². The maximum Gasteiger partial charge on any atom is 0.243 e. The van der Waals surface area contributed by atoms with E-state index < -0.39 is 0 Å². The molecule has 1 aromatic heterocycles. The quantitative estimate of drug-likeness (QED) is 0.764. The van der Waals surface area contributed by atoms with Gasteiger partial charge in [-0.25, -0.2) is 4.68 Å². The molecular weight excluding hydrogens is 322 g/mol. The third-order valence-electron chi connectivity index (χ3n) is 4.72. The van der Waals surface area contributed by atoms with E-state index in [0.717, 1.165) is 17.0 Å². The van der Waals surface area contributed by atoms with Gasteiger partial charge in [-0.1, -0.05) is 47.0 Å². The predicted octanol–water partition coefficient (Wildman–Crippen LogP) is 4.09. The molecule has 24 heavy (non-hydrogen) atoms. The first-order valence-corrected chi connectivity index (χ1v) is 8.36. The minimum atomic E-state index is 0.0570. The van der Waals surface area contributed by atoms with Gasteiger partial charge in [-0.3, -0.25) is 0 Å². The molecule has 0 saturated carbocycles. The molecular formula is C18H18ClN5. The normalized spacial score (nSPS) is 19.6. The molecule has 0 unspecified atom stereocenters. The van der Waals surface area contributed by atoms with Gasteiger partial charge >= 0.3 is 0 Å². The van der Waals surface area contributed by atoms with Crippen molar-refractivity contribution in [2.75, 3.05) is 5.32 Å². The molecule has 2 heterocycles. The molecule has 3 aromatic rings. The summed E-state index contributed by atoms with van der Waals surface area (Å²) in [4.78, 5) is 0. The van der Waals surface area contributed by atoms with Gasteiger partial charge in [-0.05, 0) is 65.1 Å².